The van der Waals surface area contributed by atoms with E-state index in [4.69, 9.17) is 10.5 Å². The lowest BCUT2D eigenvalue weighted by molar-refractivity contribution is -0.154. The lowest BCUT2D eigenvalue weighted by atomic mass is 9.77. The summed E-state index contributed by atoms with van der Waals surface area (Å²) in [6.07, 6.45) is 6.80. The van der Waals surface area contributed by atoms with Crippen molar-refractivity contribution in [2.75, 3.05) is 6.61 Å². The number of nitrogens with two attached hydrogens (primary N) is 1. The molecule has 1 aliphatic carbocycles. The third-order valence-corrected chi connectivity index (χ3v) is 10.2. The normalized spacial score (nSPS) is 17.9. The van der Waals surface area contributed by atoms with Gasteiger partial charge in [-0.15, -0.1) is 0 Å². The molecule has 1 aromatic carbocycles. The highest BCUT2D eigenvalue weighted by Crippen LogP contribution is 2.36. The van der Waals surface area contributed by atoms with Crippen molar-refractivity contribution in [3.05, 3.63) is 35.4 Å². The van der Waals surface area contributed by atoms with Crippen LogP contribution in [0.4, 0.5) is 0 Å². The molecule has 11 nitrogen and oxygen atoms in total. The van der Waals surface area contributed by atoms with Gasteiger partial charge in [0.25, 0.3) is 0 Å². The van der Waals surface area contributed by atoms with E-state index in [9.17, 15) is 33.6 Å². The third-order valence-electron chi connectivity index (χ3n) is 10.2. The molecule has 0 aromatic heterocycles. The Balaban J connectivity index is 1.79. The molecule has 282 valence electrons. The summed E-state index contributed by atoms with van der Waals surface area (Å²) in [5.74, 6) is -4.99. The lowest BCUT2D eigenvalue weighted by Gasteiger charge is -2.40. The summed E-state index contributed by atoms with van der Waals surface area (Å²) in [5, 5.41) is 2.56. The van der Waals surface area contributed by atoms with Gasteiger partial charge in [-0.25, -0.2) is 0 Å². The first-order valence-corrected chi connectivity index (χ1v) is 19.1. The van der Waals surface area contributed by atoms with Gasteiger partial charge in [-0.1, -0.05) is 90.5 Å². The summed E-state index contributed by atoms with van der Waals surface area (Å²) < 4.78 is 5.51. The largest absolute Gasteiger partial charge is 0.465 e. The molecule has 51 heavy (non-hydrogen) atoms. The summed E-state index contributed by atoms with van der Waals surface area (Å²) in [6, 6.07) is 5.97. The number of carbonyl (C=O) groups excluding carboxylic acids is 7. The molecule has 1 fully saturated rings. The summed E-state index contributed by atoms with van der Waals surface area (Å²) in [4.78, 5) is 94.2. The van der Waals surface area contributed by atoms with Gasteiger partial charge in [0.15, 0.2) is 11.6 Å². The molecular formula is C40H59N3O8. The van der Waals surface area contributed by atoms with Crippen LogP contribution >= 0.6 is 0 Å². The molecular weight excluding hydrogens is 650 g/mol. The number of carbonyl (C=O) groups is 7. The molecule has 4 atom stereocenters. The van der Waals surface area contributed by atoms with Crippen LogP contribution in [0.2, 0.25) is 0 Å². The number of hydrogen-bond acceptors (Lipinski definition) is 8. The Morgan fingerprint density at radius 3 is 2.22 bits per heavy atom. The quantitative estimate of drug-likeness (QED) is 0.130. The van der Waals surface area contributed by atoms with Crippen molar-refractivity contribution in [2.24, 2.45) is 29.4 Å². The number of hydrogen-bond donors (Lipinski definition) is 2. The number of unbranched alkanes of at least 4 members (excludes halogenated alkanes) is 1. The van der Waals surface area contributed by atoms with Crippen LogP contribution in [0.1, 0.15) is 129 Å². The van der Waals surface area contributed by atoms with Gasteiger partial charge in [-0.2, -0.15) is 0 Å². The number of primary amides is 1. The first-order chi connectivity index (χ1) is 24.4. The first kappa shape index (κ1) is 41.5. The molecule has 0 spiro atoms. The van der Waals surface area contributed by atoms with Crippen molar-refractivity contribution in [2.45, 2.75) is 143 Å². The molecule has 3 amide bonds. The van der Waals surface area contributed by atoms with Gasteiger partial charge in [0.2, 0.25) is 23.5 Å². The molecule has 1 heterocycles. The Bertz CT molecular complexity index is 1390. The van der Waals surface area contributed by atoms with Crippen molar-refractivity contribution in [1.29, 1.82) is 0 Å². The number of esters is 1. The van der Waals surface area contributed by atoms with Crippen LogP contribution < -0.4 is 11.1 Å². The third kappa shape index (κ3) is 12.7. The van der Waals surface area contributed by atoms with Gasteiger partial charge in [-0.05, 0) is 48.6 Å². The molecule has 0 radical (unpaired) electrons. The predicted molar refractivity (Wildman–Crippen MR) is 193 cm³/mol. The van der Waals surface area contributed by atoms with Gasteiger partial charge >= 0.3 is 5.97 Å². The summed E-state index contributed by atoms with van der Waals surface area (Å²) in [6.45, 7) is 8.20. The van der Waals surface area contributed by atoms with Crippen LogP contribution in [0, 0.1) is 23.7 Å². The second kappa shape index (κ2) is 20.8. The van der Waals surface area contributed by atoms with Crippen molar-refractivity contribution in [3.63, 3.8) is 0 Å². The Labute approximate surface area is 303 Å². The van der Waals surface area contributed by atoms with E-state index >= 15 is 0 Å². The SMILES string of the molecule is CCCCC(NC(=O)CCC(=O)C(=O)C(CCC)CC(=O)[C@@H]1Cc2ccccc2CN1C(=O)C(CC(=O)OCC(C)C)C1CCCCC1)C(N)=O. The monoisotopic (exact) mass is 709 g/mol. The van der Waals surface area contributed by atoms with E-state index in [1.54, 1.807) is 4.90 Å². The summed E-state index contributed by atoms with van der Waals surface area (Å²) >= 11 is 0. The van der Waals surface area contributed by atoms with Gasteiger partial charge in [0.05, 0.1) is 25.0 Å². The smallest absolute Gasteiger partial charge is 0.306 e. The van der Waals surface area contributed by atoms with E-state index in [1.807, 2.05) is 52.0 Å². The molecule has 3 rings (SSSR count). The minimum atomic E-state index is -0.893. The van der Waals surface area contributed by atoms with E-state index in [-0.39, 0.29) is 68.8 Å². The average molecular weight is 710 g/mol. The van der Waals surface area contributed by atoms with Crippen LogP contribution in [0.5, 0.6) is 0 Å². The van der Waals surface area contributed by atoms with Crippen molar-refractivity contribution >= 4 is 41.0 Å². The Morgan fingerprint density at radius 2 is 1.59 bits per heavy atom. The number of ether oxygens (including phenoxy) is 1. The van der Waals surface area contributed by atoms with Crippen molar-refractivity contribution in [3.8, 4) is 0 Å². The zero-order valence-corrected chi connectivity index (χ0v) is 31.1. The van der Waals surface area contributed by atoms with E-state index in [1.165, 1.54) is 0 Å². The fourth-order valence-electron chi connectivity index (χ4n) is 7.34. The number of nitrogens with one attached hydrogen (secondary N) is 1. The Morgan fingerprint density at radius 1 is 0.902 bits per heavy atom. The van der Waals surface area contributed by atoms with Gasteiger partial charge in [0, 0.05) is 38.1 Å². The number of benzene rings is 1. The van der Waals surface area contributed by atoms with Crippen LogP contribution in [0.15, 0.2) is 24.3 Å². The highest BCUT2D eigenvalue weighted by atomic mass is 16.5. The number of nitrogens with zero attached hydrogens (tertiary/aromatic N) is 1. The van der Waals surface area contributed by atoms with Crippen LogP contribution in [0.3, 0.4) is 0 Å². The van der Waals surface area contributed by atoms with Crippen molar-refractivity contribution in [1.82, 2.24) is 10.2 Å². The number of rotatable bonds is 21. The minimum Gasteiger partial charge on any atom is -0.465 e. The molecule has 2 aliphatic rings. The second-order valence-corrected chi connectivity index (χ2v) is 14.8. The second-order valence-electron chi connectivity index (χ2n) is 14.8. The highest BCUT2D eigenvalue weighted by Gasteiger charge is 2.42. The standard InChI is InChI=1S/C40H59N3O8/c1-5-7-18-32(39(41)49)42-36(46)20-19-34(44)38(48)29(13-6-2)22-35(45)33-21-28-16-11-12-17-30(28)24-43(33)40(50)31(27-14-9-8-10-15-27)23-37(47)51-25-26(3)4/h11-12,16-17,26-27,29,31-33H,5-10,13-15,18-25H2,1-4H3,(H2,41,49)(H,42,46)/t29?,31?,32?,33-/m0/s1. The Hall–Kier alpha value is -3.89. The lowest BCUT2D eigenvalue weighted by Crippen LogP contribution is -2.52. The van der Waals surface area contributed by atoms with E-state index in [2.05, 4.69) is 5.32 Å². The summed E-state index contributed by atoms with van der Waals surface area (Å²) in [5.41, 5.74) is 7.29. The fourth-order valence-corrected chi connectivity index (χ4v) is 7.34. The maximum atomic E-state index is 14.6. The molecule has 0 bridgehead atoms. The maximum Gasteiger partial charge on any atom is 0.306 e. The average Bonchev–Trinajstić information content (AvgIpc) is 3.12. The fraction of sp³-hybridized carbons (Fsp3) is 0.675. The number of amides is 3. The van der Waals surface area contributed by atoms with Crippen LogP contribution in [-0.2, 0) is 51.3 Å². The maximum absolute atomic E-state index is 14.6. The van der Waals surface area contributed by atoms with Gasteiger partial charge in [0.1, 0.15) is 6.04 Å². The molecule has 1 aliphatic heterocycles. The van der Waals surface area contributed by atoms with E-state index in [0.717, 1.165) is 49.7 Å². The van der Waals surface area contributed by atoms with Gasteiger partial charge < -0.3 is 20.7 Å². The predicted octanol–water partition coefficient (Wildman–Crippen LogP) is 5.18. The van der Waals surface area contributed by atoms with E-state index < -0.39 is 53.3 Å². The van der Waals surface area contributed by atoms with E-state index in [0.29, 0.717) is 25.7 Å². The van der Waals surface area contributed by atoms with Crippen LogP contribution in [-0.4, -0.2) is 64.6 Å². The first-order valence-electron chi connectivity index (χ1n) is 19.1. The number of Topliss-reactive ketones (excluding diaryl/α,β-unsaturated/α-hetero) is 3. The molecule has 3 N–H and O–H groups in total. The minimum absolute atomic E-state index is 0.0000849. The number of ketones is 3. The molecule has 1 aromatic rings. The zero-order chi connectivity index (χ0) is 37.5. The zero-order valence-electron chi connectivity index (χ0n) is 31.1. The molecule has 0 saturated heterocycles. The van der Waals surface area contributed by atoms with Gasteiger partial charge in [-0.3, -0.25) is 33.6 Å². The summed E-state index contributed by atoms with van der Waals surface area (Å²) in [7, 11) is 0. The Kier molecular flexibility index (Phi) is 17.0. The molecule has 1 saturated carbocycles. The number of fused-ring (bicyclic) bond motifs is 1. The van der Waals surface area contributed by atoms with Crippen molar-refractivity contribution < 1.29 is 38.3 Å². The molecule has 11 heteroatoms. The highest BCUT2D eigenvalue weighted by molar-refractivity contribution is 6.38. The molecule has 3 unspecified atom stereocenters. The van der Waals surface area contributed by atoms with Crippen LogP contribution in [0.25, 0.3) is 0 Å². The topological polar surface area (TPSA) is 170 Å².